The first-order valence-electron chi connectivity index (χ1n) is 5.10. The van der Waals surface area contributed by atoms with Crippen molar-refractivity contribution in [3.05, 3.63) is 5.28 Å². The highest BCUT2D eigenvalue weighted by molar-refractivity contribution is 6.28. The third-order valence-corrected chi connectivity index (χ3v) is 2.75. The number of rotatable bonds is 3. The maximum absolute atomic E-state index is 5.82. The van der Waals surface area contributed by atoms with Crippen molar-refractivity contribution in [2.24, 2.45) is 0 Å². The Morgan fingerprint density at radius 1 is 1.44 bits per heavy atom. The van der Waals surface area contributed by atoms with E-state index in [0.717, 1.165) is 19.5 Å². The summed E-state index contributed by atoms with van der Waals surface area (Å²) >= 11 is 5.82. The Morgan fingerprint density at radius 3 is 2.88 bits per heavy atom. The number of hydrogen-bond donors (Lipinski definition) is 1. The van der Waals surface area contributed by atoms with E-state index in [1.54, 1.807) is 14.2 Å². The number of hydrogen-bond acceptors (Lipinski definition) is 6. The van der Waals surface area contributed by atoms with Gasteiger partial charge >= 0.3 is 0 Å². The molecule has 2 heterocycles. The maximum atomic E-state index is 5.82. The molecule has 1 aliphatic rings. The Balaban J connectivity index is 2.17. The molecule has 0 aromatic carbocycles. The minimum atomic E-state index is 0.204. The second-order valence-corrected chi connectivity index (χ2v) is 3.91. The van der Waals surface area contributed by atoms with Gasteiger partial charge in [0.25, 0.3) is 0 Å². The molecule has 88 valence electrons. The van der Waals surface area contributed by atoms with Crippen LogP contribution in [0.1, 0.15) is 6.42 Å². The number of nitrogens with one attached hydrogen (secondary N) is 1. The van der Waals surface area contributed by atoms with Crippen LogP contribution in [0.15, 0.2) is 0 Å². The minimum absolute atomic E-state index is 0.204. The fourth-order valence-corrected chi connectivity index (χ4v) is 1.85. The lowest BCUT2D eigenvalue weighted by molar-refractivity contribution is 0.121. The Hall–Kier alpha value is -1.14. The van der Waals surface area contributed by atoms with Crippen LogP contribution in [-0.2, 0) is 4.74 Å². The van der Waals surface area contributed by atoms with Gasteiger partial charge in [0.2, 0.25) is 17.2 Å². The van der Waals surface area contributed by atoms with Crippen LogP contribution in [0.3, 0.4) is 0 Å². The van der Waals surface area contributed by atoms with Crippen molar-refractivity contribution in [2.75, 3.05) is 37.5 Å². The van der Waals surface area contributed by atoms with E-state index < -0.39 is 0 Å². The highest BCUT2D eigenvalue weighted by atomic mass is 35.5. The van der Waals surface area contributed by atoms with E-state index in [0.29, 0.717) is 11.9 Å². The smallest absolute Gasteiger partial charge is 0.231 e. The van der Waals surface area contributed by atoms with Crippen molar-refractivity contribution in [3.63, 3.8) is 0 Å². The van der Waals surface area contributed by atoms with Crippen LogP contribution >= 0.6 is 11.6 Å². The van der Waals surface area contributed by atoms with Gasteiger partial charge in [-0.05, 0) is 18.0 Å². The fourth-order valence-electron chi connectivity index (χ4n) is 1.70. The molecule has 16 heavy (non-hydrogen) atoms. The lowest BCUT2D eigenvalue weighted by Gasteiger charge is -2.16. The quantitative estimate of drug-likeness (QED) is 0.847. The van der Waals surface area contributed by atoms with E-state index in [1.165, 1.54) is 0 Å². The van der Waals surface area contributed by atoms with Gasteiger partial charge in [-0.3, -0.25) is 0 Å². The second kappa shape index (κ2) is 4.80. The molecule has 1 aromatic rings. The molecule has 1 atom stereocenters. The summed E-state index contributed by atoms with van der Waals surface area (Å²) in [4.78, 5) is 14.3. The molecule has 2 rings (SSSR count). The van der Waals surface area contributed by atoms with Crippen molar-refractivity contribution in [2.45, 2.75) is 12.5 Å². The zero-order valence-corrected chi connectivity index (χ0v) is 10.0. The Morgan fingerprint density at radius 2 is 2.25 bits per heavy atom. The number of nitrogens with zero attached hydrogens (tertiary/aromatic N) is 4. The Bertz CT molecular complexity index is 375. The minimum Gasteiger partial charge on any atom is -0.380 e. The summed E-state index contributed by atoms with van der Waals surface area (Å²) in [6, 6.07) is 0. The molecule has 0 bridgehead atoms. The first-order valence-corrected chi connectivity index (χ1v) is 5.48. The predicted octanol–water partition coefficient (Wildman–Crippen LogP) is 0.792. The number of aromatic nitrogens is 3. The molecule has 7 heteroatoms. The summed E-state index contributed by atoms with van der Waals surface area (Å²) < 4.78 is 5.29. The summed E-state index contributed by atoms with van der Waals surface area (Å²) in [5.74, 6) is 1.08. The highest BCUT2D eigenvalue weighted by Crippen LogP contribution is 2.19. The van der Waals surface area contributed by atoms with Gasteiger partial charge < -0.3 is 15.0 Å². The first-order chi connectivity index (χ1) is 7.72. The lowest BCUT2D eigenvalue weighted by Crippen LogP contribution is -2.24. The van der Waals surface area contributed by atoms with E-state index in [1.807, 2.05) is 4.90 Å². The number of ether oxygens (including phenoxy) is 1. The van der Waals surface area contributed by atoms with Crippen LogP contribution in [0, 0.1) is 0 Å². The van der Waals surface area contributed by atoms with Gasteiger partial charge in [0.1, 0.15) is 0 Å². The van der Waals surface area contributed by atoms with Crippen molar-refractivity contribution in [1.82, 2.24) is 15.0 Å². The van der Waals surface area contributed by atoms with Crippen LogP contribution < -0.4 is 10.2 Å². The molecule has 1 fully saturated rings. The standard InChI is InChI=1S/C9H14ClN5O/c1-11-8-12-7(10)13-9(14-8)15-4-3-6(5-15)16-2/h6H,3-5H2,1-2H3,(H,11,12,13,14). The average molecular weight is 244 g/mol. The highest BCUT2D eigenvalue weighted by Gasteiger charge is 2.24. The van der Waals surface area contributed by atoms with Crippen molar-refractivity contribution < 1.29 is 4.74 Å². The molecule has 1 saturated heterocycles. The van der Waals surface area contributed by atoms with Gasteiger partial charge in [-0.25, -0.2) is 0 Å². The topological polar surface area (TPSA) is 63.2 Å². The van der Waals surface area contributed by atoms with E-state index in [-0.39, 0.29) is 11.4 Å². The van der Waals surface area contributed by atoms with Crippen molar-refractivity contribution >= 4 is 23.5 Å². The number of methoxy groups -OCH3 is 1. The zero-order valence-electron chi connectivity index (χ0n) is 9.27. The van der Waals surface area contributed by atoms with Crippen LogP contribution in [0.5, 0.6) is 0 Å². The monoisotopic (exact) mass is 243 g/mol. The number of halogens is 1. The lowest BCUT2D eigenvalue weighted by atomic mass is 10.3. The van der Waals surface area contributed by atoms with Gasteiger partial charge in [-0.2, -0.15) is 15.0 Å². The van der Waals surface area contributed by atoms with Crippen LogP contribution in [0.4, 0.5) is 11.9 Å². The first kappa shape index (κ1) is 11.3. The predicted molar refractivity (Wildman–Crippen MR) is 62.0 cm³/mol. The second-order valence-electron chi connectivity index (χ2n) is 3.57. The number of anilines is 2. The third-order valence-electron chi connectivity index (χ3n) is 2.58. The van der Waals surface area contributed by atoms with Crippen molar-refractivity contribution in [1.29, 1.82) is 0 Å². The average Bonchev–Trinajstić information content (AvgIpc) is 2.76. The summed E-state index contributed by atoms with van der Waals surface area (Å²) in [6.07, 6.45) is 1.22. The zero-order chi connectivity index (χ0) is 11.5. The SMILES string of the molecule is CNc1nc(Cl)nc(N2CCC(OC)C2)n1. The van der Waals surface area contributed by atoms with E-state index >= 15 is 0 Å². The summed E-state index contributed by atoms with van der Waals surface area (Å²) in [5, 5.41) is 3.06. The van der Waals surface area contributed by atoms with Gasteiger partial charge in [0, 0.05) is 27.2 Å². The molecule has 1 aliphatic heterocycles. The molecule has 0 amide bonds. The van der Waals surface area contributed by atoms with E-state index in [4.69, 9.17) is 16.3 Å². The van der Waals surface area contributed by atoms with Gasteiger partial charge in [-0.15, -0.1) is 0 Å². The van der Waals surface area contributed by atoms with E-state index in [9.17, 15) is 0 Å². The van der Waals surface area contributed by atoms with Gasteiger partial charge in [-0.1, -0.05) is 0 Å². The maximum Gasteiger partial charge on any atom is 0.231 e. The van der Waals surface area contributed by atoms with Gasteiger partial charge in [0.15, 0.2) is 0 Å². The molecule has 1 unspecified atom stereocenters. The molecule has 1 N–H and O–H groups in total. The Labute approximate surface area is 99.0 Å². The summed E-state index contributed by atoms with van der Waals surface area (Å²) in [7, 11) is 3.46. The molecule has 0 radical (unpaired) electrons. The molecule has 0 saturated carbocycles. The van der Waals surface area contributed by atoms with Crippen LogP contribution in [0.25, 0.3) is 0 Å². The summed E-state index contributed by atoms with van der Waals surface area (Å²) in [5.41, 5.74) is 0. The normalized spacial score (nSPS) is 20.2. The molecule has 0 spiro atoms. The molecule has 1 aromatic heterocycles. The molecular formula is C9H14ClN5O. The van der Waals surface area contributed by atoms with Crippen molar-refractivity contribution in [3.8, 4) is 0 Å². The summed E-state index contributed by atoms with van der Waals surface area (Å²) in [6.45, 7) is 1.67. The van der Waals surface area contributed by atoms with E-state index in [2.05, 4.69) is 20.3 Å². The third kappa shape index (κ3) is 2.33. The van der Waals surface area contributed by atoms with Crippen LogP contribution in [0.2, 0.25) is 5.28 Å². The van der Waals surface area contributed by atoms with Gasteiger partial charge in [0.05, 0.1) is 6.10 Å². The largest absolute Gasteiger partial charge is 0.380 e. The Kier molecular flexibility index (Phi) is 3.40. The fraction of sp³-hybridized carbons (Fsp3) is 0.667. The molecule has 6 nitrogen and oxygen atoms in total. The molecule has 0 aliphatic carbocycles. The van der Waals surface area contributed by atoms with Crippen LogP contribution in [-0.4, -0.2) is 48.3 Å². The molecular weight excluding hydrogens is 230 g/mol.